The zero-order valence-corrected chi connectivity index (χ0v) is 13.6. The van der Waals surface area contributed by atoms with Crippen LogP contribution >= 0.6 is 11.6 Å². The highest BCUT2D eigenvalue weighted by Gasteiger charge is 2.20. The molecular weight excluding hydrogens is 312 g/mol. The van der Waals surface area contributed by atoms with Crippen molar-refractivity contribution in [3.63, 3.8) is 0 Å². The molecular formula is C16H17ClN6. The SMILES string of the molecule is C=C(C)c1cc(Cl)cc2c1nc(N1CCNCC1)c1nncn12. The molecule has 1 aliphatic heterocycles. The van der Waals surface area contributed by atoms with Crippen LogP contribution in [0.4, 0.5) is 5.82 Å². The second-order valence-electron chi connectivity index (χ2n) is 5.80. The van der Waals surface area contributed by atoms with Gasteiger partial charge in [0, 0.05) is 36.8 Å². The standard InChI is InChI=1S/C16H17ClN6/c1-10(2)12-7-11(17)8-13-14(12)20-15(16-21-19-9-23(13)16)22-5-3-18-4-6-22/h7-9,18H,1,3-6H2,2H3. The summed E-state index contributed by atoms with van der Waals surface area (Å²) in [6.07, 6.45) is 1.71. The normalized spacial score (nSPS) is 15.5. The van der Waals surface area contributed by atoms with Crippen LogP contribution in [0, 0.1) is 0 Å². The van der Waals surface area contributed by atoms with Gasteiger partial charge in [0.15, 0.2) is 5.82 Å². The number of rotatable bonds is 2. The lowest BCUT2D eigenvalue weighted by Gasteiger charge is -2.28. The van der Waals surface area contributed by atoms with Crippen LogP contribution in [0.2, 0.25) is 5.02 Å². The van der Waals surface area contributed by atoms with Crippen LogP contribution in [0.5, 0.6) is 0 Å². The van der Waals surface area contributed by atoms with E-state index in [1.54, 1.807) is 6.33 Å². The number of anilines is 1. The average Bonchev–Trinajstić information content (AvgIpc) is 3.04. The maximum absolute atomic E-state index is 6.28. The van der Waals surface area contributed by atoms with E-state index in [4.69, 9.17) is 16.6 Å². The molecule has 0 amide bonds. The number of allylic oxidation sites excluding steroid dienone is 1. The molecule has 0 atom stereocenters. The summed E-state index contributed by atoms with van der Waals surface area (Å²) in [5.41, 5.74) is 4.43. The van der Waals surface area contributed by atoms with Gasteiger partial charge in [0.25, 0.3) is 0 Å². The Bertz CT molecular complexity index is 910. The maximum atomic E-state index is 6.28. The molecule has 0 unspecified atom stereocenters. The molecule has 0 bridgehead atoms. The van der Waals surface area contributed by atoms with Gasteiger partial charge in [-0.2, -0.15) is 0 Å². The van der Waals surface area contributed by atoms with E-state index in [1.807, 2.05) is 23.5 Å². The van der Waals surface area contributed by atoms with Crippen LogP contribution in [0.25, 0.3) is 22.3 Å². The predicted octanol–water partition coefficient (Wildman–Crippen LogP) is 2.37. The minimum Gasteiger partial charge on any atom is -0.351 e. The van der Waals surface area contributed by atoms with Crippen LogP contribution in [-0.2, 0) is 0 Å². The maximum Gasteiger partial charge on any atom is 0.204 e. The third-order valence-electron chi connectivity index (χ3n) is 4.16. The van der Waals surface area contributed by atoms with Crippen molar-refractivity contribution in [2.75, 3.05) is 31.1 Å². The van der Waals surface area contributed by atoms with Crippen molar-refractivity contribution in [3.05, 3.63) is 35.6 Å². The predicted molar refractivity (Wildman–Crippen MR) is 93.1 cm³/mol. The van der Waals surface area contributed by atoms with Crippen LogP contribution in [0.1, 0.15) is 12.5 Å². The lowest BCUT2D eigenvalue weighted by molar-refractivity contribution is 0.586. The van der Waals surface area contributed by atoms with Gasteiger partial charge in [-0.25, -0.2) is 4.98 Å². The molecule has 0 spiro atoms. The number of nitrogens with one attached hydrogen (secondary N) is 1. The third kappa shape index (κ3) is 2.34. The molecule has 2 aromatic heterocycles. The Hall–Kier alpha value is -2.18. The number of nitrogens with zero attached hydrogens (tertiary/aromatic N) is 5. The van der Waals surface area contributed by atoms with Gasteiger partial charge in [0.2, 0.25) is 5.65 Å². The number of benzene rings is 1. The molecule has 6 nitrogen and oxygen atoms in total. The first-order chi connectivity index (χ1) is 11.1. The topological polar surface area (TPSA) is 58.4 Å². The smallest absolute Gasteiger partial charge is 0.204 e. The number of hydrogen-bond donors (Lipinski definition) is 1. The molecule has 1 N–H and O–H groups in total. The molecule has 0 saturated carbocycles. The van der Waals surface area contributed by atoms with Crippen LogP contribution in [-0.4, -0.2) is 45.8 Å². The minimum atomic E-state index is 0.655. The van der Waals surface area contributed by atoms with Crippen molar-refractivity contribution in [2.24, 2.45) is 0 Å². The first-order valence-corrected chi connectivity index (χ1v) is 7.97. The Balaban J connectivity index is 2.06. The summed E-state index contributed by atoms with van der Waals surface area (Å²) in [5.74, 6) is 0.862. The van der Waals surface area contributed by atoms with E-state index in [-0.39, 0.29) is 0 Å². The largest absolute Gasteiger partial charge is 0.351 e. The minimum absolute atomic E-state index is 0.655. The number of aromatic nitrogens is 4. The Morgan fingerprint density at radius 2 is 2.09 bits per heavy atom. The molecule has 23 heavy (non-hydrogen) atoms. The fourth-order valence-corrected chi connectivity index (χ4v) is 3.23. The summed E-state index contributed by atoms with van der Waals surface area (Å²) in [6, 6.07) is 3.81. The van der Waals surface area contributed by atoms with Gasteiger partial charge in [0.1, 0.15) is 6.33 Å². The molecule has 0 aliphatic carbocycles. The molecule has 1 aromatic carbocycles. The first-order valence-electron chi connectivity index (χ1n) is 7.59. The van der Waals surface area contributed by atoms with E-state index < -0.39 is 0 Å². The highest BCUT2D eigenvalue weighted by molar-refractivity contribution is 6.31. The molecule has 1 saturated heterocycles. The van der Waals surface area contributed by atoms with Crippen molar-refractivity contribution in [3.8, 4) is 0 Å². The molecule has 4 rings (SSSR count). The molecule has 3 aromatic rings. The number of hydrogen-bond acceptors (Lipinski definition) is 5. The van der Waals surface area contributed by atoms with Crippen LogP contribution in [0.15, 0.2) is 25.0 Å². The van der Waals surface area contributed by atoms with Crippen molar-refractivity contribution in [1.29, 1.82) is 0 Å². The molecule has 118 valence electrons. The van der Waals surface area contributed by atoms with E-state index in [1.165, 1.54) is 0 Å². The van der Waals surface area contributed by atoms with E-state index in [0.717, 1.165) is 59.8 Å². The monoisotopic (exact) mass is 328 g/mol. The van der Waals surface area contributed by atoms with E-state index in [2.05, 4.69) is 27.0 Å². The lowest BCUT2D eigenvalue weighted by Crippen LogP contribution is -2.44. The van der Waals surface area contributed by atoms with Crippen molar-refractivity contribution >= 4 is 39.7 Å². The summed E-state index contributed by atoms with van der Waals surface area (Å²) in [5, 5.41) is 12.4. The highest BCUT2D eigenvalue weighted by Crippen LogP contribution is 2.30. The second kappa shape index (κ2) is 5.47. The summed E-state index contributed by atoms with van der Waals surface area (Å²) in [4.78, 5) is 7.16. The van der Waals surface area contributed by atoms with Gasteiger partial charge in [-0.05, 0) is 24.6 Å². The van der Waals surface area contributed by atoms with Crippen molar-refractivity contribution in [2.45, 2.75) is 6.92 Å². The van der Waals surface area contributed by atoms with E-state index in [9.17, 15) is 0 Å². The summed E-state index contributed by atoms with van der Waals surface area (Å²) in [6.45, 7) is 9.71. The van der Waals surface area contributed by atoms with Gasteiger partial charge >= 0.3 is 0 Å². The van der Waals surface area contributed by atoms with Gasteiger partial charge in [-0.3, -0.25) is 4.40 Å². The summed E-state index contributed by atoms with van der Waals surface area (Å²) in [7, 11) is 0. The van der Waals surface area contributed by atoms with E-state index in [0.29, 0.717) is 5.02 Å². The molecule has 7 heteroatoms. The number of fused-ring (bicyclic) bond motifs is 3. The van der Waals surface area contributed by atoms with Crippen molar-refractivity contribution in [1.82, 2.24) is 24.9 Å². The number of halogens is 1. The highest BCUT2D eigenvalue weighted by atomic mass is 35.5. The molecule has 1 fully saturated rings. The fourth-order valence-electron chi connectivity index (χ4n) is 3.02. The molecule has 1 aliphatic rings. The zero-order chi connectivity index (χ0) is 16.0. The quantitative estimate of drug-likeness (QED) is 0.782. The Morgan fingerprint density at radius 1 is 1.30 bits per heavy atom. The lowest BCUT2D eigenvalue weighted by atomic mass is 10.1. The zero-order valence-electron chi connectivity index (χ0n) is 12.9. The Labute approximate surface area is 138 Å². The number of piperazine rings is 1. The van der Waals surface area contributed by atoms with Crippen LogP contribution in [0.3, 0.4) is 0 Å². The molecule has 3 heterocycles. The second-order valence-corrected chi connectivity index (χ2v) is 6.23. The van der Waals surface area contributed by atoms with Gasteiger partial charge < -0.3 is 10.2 Å². The Morgan fingerprint density at radius 3 is 2.83 bits per heavy atom. The van der Waals surface area contributed by atoms with Crippen LogP contribution < -0.4 is 10.2 Å². The van der Waals surface area contributed by atoms with Crippen molar-refractivity contribution < 1.29 is 0 Å². The molecule has 0 radical (unpaired) electrons. The van der Waals surface area contributed by atoms with E-state index >= 15 is 0 Å². The average molecular weight is 329 g/mol. The van der Waals surface area contributed by atoms with Gasteiger partial charge in [-0.1, -0.05) is 18.2 Å². The third-order valence-corrected chi connectivity index (χ3v) is 4.37. The summed E-state index contributed by atoms with van der Waals surface area (Å²) >= 11 is 6.28. The summed E-state index contributed by atoms with van der Waals surface area (Å²) < 4.78 is 1.96. The van der Waals surface area contributed by atoms with Gasteiger partial charge in [-0.15, -0.1) is 10.2 Å². The van der Waals surface area contributed by atoms with Gasteiger partial charge in [0.05, 0.1) is 11.0 Å². The first kappa shape index (κ1) is 14.4. The fraction of sp³-hybridized carbons (Fsp3) is 0.312. The Kier molecular flexibility index (Phi) is 3.43.